The maximum absolute atomic E-state index is 11.4. The van der Waals surface area contributed by atoms with Crippen LogP contribution in [0.25, 0.3) is 0 Å². The average Bonchev–Trinajstić information content (AvgIpc) is 1.65. The Morgan fingerprint density at radius 2 is 1.00 bits per heavy atom. The van der Waals surface area contributed by atoms with E-state index >= 15 is 0 Å². The molecule has 0 aromatic rings. The van der Waals surface area contributed by atoms with E-state index in [0.717, 1.165) is 0 Å². The van der Waals surface area contributed by atoms with E-state index in [1.165, 1.54) is 0 Å². The van der Waals surface area contributed by atoms with Gasteiger partial charge in [0.15, 0.2) is 0 Å². The van der Waals surface area contributed by atoms with Crippen molar-refractivity contribution in [3.8, 4) is 0 Å². The molecule has 0 unspecified atom stereocenters. The van der Waals surface area contributed by atoms with Crippen LogP contribution in [0.5, 0.6) is 0 Å². The van der Waals surface area contributed by atoms with Crippen molar-refractivity contribution < 1.29 is 24.6 Å². The molecule has 0 rings (SSSR count). The Hall–Kier alpha value is 0.231. The van der Waals surface area contributed by atoms with Crippen molar-refractivity contribution in [2.45, 2.75) is 0 Å². The monoisotopic (exact) mass is 200 g/mol. The van der Waals surface area contributed by atoms with Gasteiger partial charge in [-0.25, -0.2) is 0 Å². The van der Waals surface area contributed by atoms with E-state index in [-0.39, 0.29) is 0 Å². The fourth-order valence-electron chi connectivity index (χ4n) is 0.0952. The molecule has 0 aliphatic heterocycles. The maximum Gasteiger partial charge on any atom is 0.520 e. The average molecular weight is 200 g/mol. The predicted molar refractivity (Wildman–Crippen MR) is 26.7 cm³/mol. The second-order valence-electron chi connectivity index (χ2n) is 1.28. The summed E-state index contributed by atoms with van der Waals surface area (Å²) in [5, 5.41) is 0. The lowest BCUT2D eigenvalue weighted by Gasteiger charge is -2.05. The zero-order valence-corrected chi connectivity index (χ0v) is 7.23. The molecule has 0 aliphatic rings. The lowest BCUT2D eigenvalue weighted by Crippen LogP contribution is -2.48. The Morgan fingerprint density at radius 3 is 1.00 bits per heavy atom. The van der Waals surface area contributed by atoms with Gasteiger partial charge in [-0.05, 0) is 0 Å². The first-order valence-corrected chi connectivity index (χ1v) is 8.95. The van der Waals surface area contributed by atoms with Gasteiger partial charge in [0, 0.05) is 0 Å². The van der Waals surface area contributed by atoms with Crippen molar-refractivity contribution in [1.82, 2.24) is 0 Å². The molecule has 0 heterocycles. The number of rotatable bonds is 2. The number of halogens is 6. The first kappa shape index (κ1) is 9.23. The zero-order valence-electron chi connectivity index (χ0n) is 3.92. The van der Waals surface area contributed by atoms with Crippen molar-refractivity contribution in [1.29, 1.82) is 0 Å². The van der Waals surface area contributed by atoms with Crippen LogP contribution in [0.3, 0.4) is 0 Å². The minimum absolute atomic E-state index is 5.32. The topological polar surface area (TPSA) is 0 Å². The molecule has 0 spiro atoms. The highest BCUT2D eigenvalue weighted by atomic mass is 29.7. The van der Waals surface area contributed by atoms with Crippen LogP contribution in [0.15, 0.2) is 0 Å². The summed E-state index contributed by atoms with van der Waals surface area (Å²) in [6, 6.07) is 0. The van der Waals surface area contributed by atoms with Crippen molar-refractivity contribution >= 4 is 25.7 Å². The van der Waals surface area contributed by atoms with Crippen LogP contribution in [0.1, 0.15) is 0 Å². The highest BCUT2D eigenvalue weighted by Gasteiger charge is 2.61. The van der Waals surface area contributed by atoms with Crippen molar-refractivity contribution in [3.63, 3.8) is 0 Å². The van der Waals surface area contributed by atoms with E-state index in [1.54, 1.807) is 0 Å². The highest BCUT2D eigenvalue weighted by molar-refractivity contribution is 7.48. The Morgan fingerprint density at radius 1 is 0.778 bits per heavy atom. The van der Waals surface area contributed by atoms with E-state index in [1.807, 2.05) is 0 Å². The predicted octanol–water partition coefficient (Wildman–Crippen LogP) is 0.843. The summed E-state index contributed by atoms with van der Waals surface area (Å²) in [5.74, 6) is 0. The summed E-state index contributed by atoms with van der Waals surface area (Å²) in [6.07, 6.45) is 0. The Labute approximate surface area is 51.3 Å². The standard InChI is InChI=1S/F6H2Si3/c1-7(2)9(5,6)8(3)4/h7-8H. The van der Waals surface area contributed by atoms with E-state index in [9.17, 15) is 24.6 Å². The third-order valence-corrected chi connectivity index (χ3v) is 9.77. The van der Waals surface area contributed by atoms with Crippen LogP contribution >= 0.6 is 0 Å². The molecule has 0 saturated heterocycles. The van der Waals surface area contributed by atoms with Gasteiger partial charge in [-0.2, -0.15) is 0 Å². The van der Waals surface area contributed by atoms with Gasteiger partial charge in [0.05, 0.1) is 0 Å². The SMILES string of the molecule is F[SiH](F)[Si](F)(F)[SiH](F)F. The van der Waals surface area contributed by atoms with Crippen LogP contribution in [0.4, 0.5) is 24.6 Å². The normalized spacial score (nSPS) is 13.3. The summed E-state index contributed by atoms with van der Waals surface area (Å²) >= 11 is 0. The molecule has 0 atom stereocenters. The summed E-state index contributed by atoms with van der Waals surface area (Å²) in [6.45, 7) is 0. The molecule has 0 bridgehead atoms. The van der Waals surface area contributed by atoms with Gasteiger partial charge in [0.2, 0.25) is 0 Å². The molecule has 0 aromatic carbocycles. The molecular weight excluding hydrogens is 198 g/mol. The van der Waals surface area contributed by atoms with Crippen molar-refractivity contribution in [2.24, 2.45) is 0 Å². The number of hydrogen-bond donors (Lipinski definition) is 0. The summed E-state index contributed by atoms with van der Waals surface area (Å²) < 4.78 is 67.1. The van der Waals surface area contributed by atoms with Gasteiger partial charge in [0.25, 0.3) is 0 Å². The fourth-order valence-corrected chi connectivity index (χ4v) is 2.57. The Balaban J connectivity index is 4.01. The van der Waals surface area contributed by atoms with Crippen LogP contribution < -0.4 is 0 Å². The van der Waals surface area contributed by atoms with E-state index in [2.05, 4.69) is 0 Å². The van der Waals surface area contributed by atoms with Crippen molar-refractivity contribution in [3.05, 3.63) is 0 Å². The molecule has 0 amide bonds. The third kappa shape index (κ3) is 2.14. The zero-order chi connectivity index (χ0) is 7.65. The molecule has 9 heteroatoms. The molecule has 9 heavy (non-hydrogen) atoms. The Bertz CT molecular complexity index is 76.3. The lowest BCUT2D eigenvalue weighted by atomic mass is 18.7. The summed E-state index contributed by atoms with van der Waals surface area (Å²) in [5.41, 5.74) is 0. The van der Waals surface area contributed by atoms with Crippen LogP contribution in [-0.2, 0) is 0 Å². The van der Waals surface area contributed by atoms with Gasteiger partial charge in [-0.3, -0.25) is 24.6 Å². The molecule has 0 saturated carbocycles. The quantitative estimate of drug-likeness (QED) is 0.352. The molecule has 0 nitrogen and oxygen atoms in total. The largest absolute Gasteiger partial charge is 0.520 e. The van der Waals surface area contributed by atoms with E-state index in [0.29, 0.717) is 0 Å². The third-order valence-electron chi connectivity index (χ3n) is 0.582. The molecule has 0 radical (unpaired) electrons. The molecule has 0 aromatic heterocycles. The van der Waals surface area contributed by atoms with Gasteiger partial charge >= 0.3 is 25.7 Å². The smallest absolute Gasteiger partial charge is 0.273 e. The van der Waals surface area contributed by atoms with Gasteiger partial charge < -0.3 is 0 Å². The minimum atomic E-state index is -6.25. The van der Waals surface area contributed by atoms with Gasteiger partial charge in [0.1, 0.15) is 0 Å². The van der Waals surface area contributed by atoms with Crippen LogP contribution in [-0.4, -0.2) is 25.7 Å². The van der Waals surface area contributed by atoms with E-state index < -0.39 is 25.7 Å². The van der Waals surface area contributed by atoms with Gasteiger partial charge in [-0.1, -0.05) is 0 Å². The second-order valence-corrected chi connectivity index (χ2v) is 13.1. The van der Waals surface area contributed by atoms with Crippen LogP contribution in [0, 0.1) is 0 Å². The first-order valence-electron chi connectivity index (χ1n) is 1.83. The molecular formula is H2F6Si3. The molecule has 0 fully saturated rings. The van der Waals surface area contributed by atoms with Gasteiger partial charge in [-0.15, -0.1) is 0 Å². The lowest BCUT2D eigenvalue weighted by molar-refractivity contribution is 0.577. The highest BCUT2D eigenvalue weighted by Crippen LogP contribution is 2.18. The summed E-state index contributed by atoms with van der Waals surface area (Å²) in [7, 11) is -16.9. The number of hydrogen-bond acceptors (Lipinski definition) is 0. The minimum Gasteiger partial charge on any atom is -0.273 e. The first-order chi connectivity index (χ1) is 3.89. The Kier molecular flexibility index (Phi) is 2.95. The molecule has 0 aliphatic carbocycles. The van der Waals surface area contributed by atoms with E-state index in [4.69, 9.17) is 0 Å². The van der Waals surface area contributed by atoms with Crippen LogP contribution in [0.2, 0.25) is 0 Å². The molecule has 0 N–H and O–H groups in total. The molecule has 56 valence electrons. The maximum atomic E-state index is 11.4. The second kappa shape index (κ2) is 2.88. The summed E-state index contributed by atoms with van der Waals surface area (Å²) in [4.78, 5) is 0. The fraction of sp³-hybridized carbons (Fsp3) is 0. The van der Waals surface area contributed by atoms with Crippen molar-refractivity contribution in [2.75, 3.05) is 0 Å².